The van der Waals surface area contributed by atoms with Gasteiger partial charge in [-0.15, -0.1) is 0 Å². The number of hydrogen-bond donors (Lipinski definition) is 1. The minimum Gasteiger partial charge on any atom is -0.490 e. The third-order valence-electron chi connectivity index (χ3n) is 2.03. The van der Waals surface area contributed by atoms with E-state index in [4.69, 9.17) is 14.6 Å². The van der Waals surface area contributed by atoms with Crippen molar-refractivity contribution < 1.29 is 24.2 Å². The first-order valence-corrected chi connectivity index (χ1v) is 5.99. The molecule has 0 unspecified atom stereocenters. The number of hydrogen-bond acceptors (Lipinski definition) is 4. The normalized spacial score (nSPS) is 9.67. The van der Waals surface area contributed by atoms with Crippen LogP contribution in [-0.2, 0) is 19.1 Å². The van der Waals surface area contributed by atoms with Crippen LogP contribution in [-0.4, -0.2) is 30.8 Å². The van der Waals surface area contributed by atoms with Gasteiger partial charge in [-0.3, -0.25) is 0 Å². The maximum absolute atomic E-state index is 11.5. The Morgan fingerprint density at radius 3 is 2.24 bits per heavy atom. The molecule has 0 aliphatic rings. The summed E-state index contributed by atoms with van der Waals surface area (Å²) in [6.45, 7) is 6.60. The van der Waals surface area contributed by atoms with Crippen molar-refractivity contribution in [2.45, 2.75) is 0 Å². The lowest BCUT2D eigenvalue weighted by Crippen LogP contribution is -2.09. The van der Waals surface area contributed by atoms with Crippen molar-refractivity contribution in [3.63, 3.8) is 0 Å². The van der Waals surface area contributed by atoms with Crippen LogP contribution in [0.1, 0.15) is 5.56 Å². The Labute approximate surface area is 123 Å². The Balaban J connectivity index is 0.000000690. The van der Waals surface area contributed by atoms with Crippen LogP contribution in [0, 0.1) is 0 Å². The third kappa shape index (κ3) is 8.83. The lowest BCUT2D eigenvalue weighted by atomic mass is 10.2. The van der Waals surface area contributed by atoms with Crippen molar-refractivity contribution in [1.29, 1.82) is 0 Å². The van der Waals surface area contributed by atoms with Crippen LogP contribution in [0.4, 0.5) is 0 Å². The highest BCUT2D eigenvalue weighted by Gasteiger charge is 2.10. The first kappa shape index (κ1) is 18.2. The summed E-state index contributed by atoms with van der Waals surface area (Å²) in [6.07, 6.45) is 3.97. The van der Waals surface area contributed by atoms with Gasteiger partial charge in [-0.05, 0) is 11.6 Å². The van der Waals surface area contributed by atoms with Gasteiger partial charge in [0, 0.05) is 6.08 Å². The van der Waals surface area contributed by atoms with Crippen LogP contribution in [0.3, 0.4) is 0 Å². The predicted molar refractivity (Wildman–Crippen MR) is 80.4 cm³/mol. The summed E-state index contributed by atoms with van der Waals surface area (Å²) in [6, 6.07) is 9.42. The first-order chi connectivity index (χ1) is 10.0. The fourth-order valence-electron chi connectivity index (χ4n) is 1.11. The lowest BCUT2D eigenvalue weighted by Gasteiger charge is -2.05. The number of rotatable bonds is 6. The van der Waals surface area contributed by atoms with E-state index in [1.165, 1.54) is 13.2 Å². The molecule has 0 radical (unpaired) electrons. The minimum atomic E-state index is -0.981. The zero-order valence-corrected chi connectivity index (χ0v) is 11.8. The predicted octanol–water partition coefficient (Wildman–Crippen LogP) is 2.66. The molecule has 0 saturated carbocycles. The van der Waals surface area contributed by atoms with Crippen molar-refractivity contribution in [3.8, 4) is 0 Å². The maximum atomic E-state index is 11.5. The summed E-state index contributed by atoms with van der Waals surface area (Å²) in [5.74, 6) is -1.30. The summed E-state index contributed by atoms with van der Waals surface area (Å²) in [5.41, 5.74) is 0.884. The van der Waals surface area contributed by atoms with E-state index in [0.29, 0.717) is 0 Å². The largest absolute Gasteiger partial charge is 0.490 e. The Hall–Kier alpha value is -2.82. The standard InChI is InChI=1S/C13H14O3.C3H4O2/c1-3-9-16-13(14)12(15-2)10-11-7-5-4-6-8-11;1-2-3(4)5/h3-8,10H,1,9H2,2H3;2H,1H2,(H,4,5). The molecule has 0 bridgehead atoms. The van der Waals surface area contributed by atoms with Gasteiger partial charge in [0.15, 0.2) is 0 Å². The molecule has 0 amide bonds. The molecule has 0 aliphatic heterocycles. The fourth-order valence-corrected chi connectivity index (χ4v) is 1.11. The van der Waals surface area contributed by atoms with Crippen molar-refractivity contribution in [2.24, 2.45) is 0 Å². The molecule has 5 nitrogen and oxygen atoms in total. The average molecular weight is 290 g/mol. The Morgan fingerprint density at radius 2 is 1.81 bits per heavy atom. The molecule has 0 fully saturated rings. The topological polar surface area (TPSA) is 72.8 Å². The van der Waals surface area contributed by atoms with Crippen LogP contribution >= 0.6 is 0 Å². The van der Waals surface area contributed by atoms with Gasteiger partial charge >= 0.3 is 11.9 Å². The van der Waals surface area contributed by atoms with Gasteiger partial charge in [0.25, 0.3) is 0 Å². The highest BCUT2D eigenvalue weighted by Crippen LogP contribution is 2.08. The molecule has 0 atom stereocenters. The van der Waals surface area contributed by atoms with E-state index in [0.717, 1.165) is 11.6 Å². The summed E-state index contributed by atoms with van der Waals surface area (Å²) in [5, 5.41) is 7.60. The number of carbonyl (C=O) groups is 2. The zero-order valence-electron chi connectivity index (χ0n) is 11.8. The van der Waals surface area contributed by atoms with Crippen LogP contribution in [0.2, 0.25) is 0 Å². The lowest BCUT2D eigenvalue weighted by molar-refractivity contribution is -0.141. The number of carboxylic acids is 1. The van der Waals surface area contributed by atoms with Gasteiger partial charge in [-0.25, -0.2) is 9.59 Å². The van der Waals surface area contributed by atoms with Gasteiger partial charge in [0.2, 0.25) is 5.76 Å². The molecule has 1 rings (SSSR count). The Morgan fingerprint density at radius 1 is 1.24 bits per heavy atom. The van der Waals surface area contributed by atoms with Crippen LogP contribution < -0.4 is 0 Å². The monoisotopic (exact) mass is 290 g/mol. The Bertz CT molecular complexity index is 503. The van der Waals surface area contributed by atoms with Crippen LogP contribution in [0.15, 0.2) is 61.4 Å². The molecule has 5 heteroatoms. The number of carbonyl (C=O) groups excluding carboxylic acids is 1. The fraction of sp³-hybridized carbons (Fsp3) is 0.125. The number of esters is 1. The van der Waals surface area contributed by atoms with E-state index in [1.54, 1.807) is 6.08 Å². The van der Waals surface area contributed by atoms with E-state index >= 15 is 0 Å². The van der Waals surface area contributed by atoms with Gasteiger partial charge < -0.3 is 14.6 Å². The third-order valence-corrected chi connectivity index (χ3v) is 2.03. The zero-order chi connectivity index (χ0) is 16.1. The SMILES string of the molecule is C=CC(=O)O.C=CCOC(=O)C(=Cc1ccccc1)OC. The van der Waals surface area contributed by atoms with E-state index in [1.807, 2.05) is 30.3 Å². The number of carboxylic acid groups (broad SMARTS) is 1. The number of methoxy groups -OCH3 is 1. The minimum absolute atomic E-state index is 0.174. The highest BCUT2D eigenvalue weighted by atomic mass is 16.6. The number of aliphatic carboxylic acids is 1. The molecular weight excluding hydrogens is 272 g/mol. The number of benzene rings is 1. The van der Waals surface area contributed by atoms with Crippen LogP contribution in [0.25, 0.3) is 6.08 Å². The second-order valence-corrected chi connectivity index (χ2v) is 3.55. The molecule has 0 heterocycles. The van der Waals surface area contributed by atoms with Crippen molar-refractivity contribution in [2.75, 3.05) is 13.7 Å². The first-order valence-electron chi connectivity index (χ1n) is 5.99. The molecule has 0 aliphatic carbocycles. The second kappa shape index (κ2) is 11.0. The van der Waals surface area contributed by atoms with E-state index in [9.17, 15) is 9.59 Å². The highest BCUT2D eigenvalue weighted by molar-refractivity contribution is 5.91. The van der Waals surface area contributed by atoms with E-state index in [-0.39, 0.29) is 12.4 Å². The molecule has 0 saturated heterocycles. The second-order valence-electron chi connectivity index (χ2n) is 3.55. The molecule has 0 aromatic heterocycles. The van der Waals surface area contributed by atoms with Crippen molar-refractivity contribution >= 4 is 18.0 Å². The van der Waals surface area contributed by atoms with Gasteiger partial charge in [0.05, 0.1) is 7.11 Å². The Kier molecular flexibility index (Phi) is 9.56. The van der Waals surface area contributed by atoms with Crippen LogP contribution in [0.5, 0.6) is 0 Å². The molecular formula is C16H18O5. The van der Waals surface area contributed by atoms with Gasteiger partial charge in [-0.2, -0.15) is 0 Å². The summed E-state index contributed by atoms with van der Waals surface area (Å²) < 4.78 is 9.83. The van der Waals surface area contributed by atoms with E-state index in [2.05, 4.69) is 13.2 Å². The van der Waals surface area contributed by atoms with Gasteiger partial charge in [0.1, 0.15) is 6.61 Å². The number of ether oxygens (including phenoxy) is 2. The smallest absolute Gasteiger partial charge is 0.373 e. The van der Waals surface area contributed by atoms with Gasteiger partial charge in [-0.1, -0.05) is 49.6 Å². The molecule has 21 heavy (non-hydrogen) atoms. The summed E-state index contributed by atoms with van der Waals surface area (Å²) in [4.78, 5) is 20.7. The van der Waals surface area contributed by atoms with Crippen molar-refractivity contribution in [3.05, 3.63) is 67.0 Å². The summed E-state index contributed by atoms with van der Waals surface area (Å²) >= 11 is 0. The molecule has 1 aromatic carbocycles. The molecule has 0 spiro atoms. The summed E-state index contributed by atoms with van der Waals surface area (Å²) in [7, 11) is 1.43. The quantitative estimate of drug-likeness (QED) is 0.377. The average Bonchev–Trinajstić information content (AvgIpc) is 2.51. The maximum Gasteiger partial charge on any atom is 0.373 e. The van der Waals surface area contributed by atoms with Crippen molar-refractivity contribution in [1.82, 2.24) is 0 Å². The van der Waals surface area contributed by atoms with E-state index < -0.39 is 11.9 Å². The molecule has 112 valence electrons. The molecule has 1 N–H and O–H groups in total. The molecule has 1 aromatic rings.